The van der Waals surface area contributed by atoms with E-state index in [1.165, 1.54) is 4.70 Å². The molecule has 0 radical (unpaired) electrons. The first-order valence-electron chi connectivity index (χ1n) is 8.42. The first kappa shape index (κ1) is 16.9. The zero-order valence-corrected chi connectivity index (χ0v) is 17.3. The lowest BCUT2D eigenvalue weighted by Crippen LogP contribution is -2.12. The Morgan fingerprint density at radius 2 is 2.00 bits per heavy atom. The molecule has 0 amide bonds. The summed E-state index contributed by atoms with van der Waals surface area (Å²) in [6.07, 6.45) is 0. The van der Waals surface area contributed by atoms with E-state index >= 15 is 0 Å². The SMILES string of the molecule is Cc1sc2nc(C(C)Sc3nnc4sc5ccccc5n34)[nH]c(=O)c2c1C. The maximum absolute atomic E-state index is 12.6. The van der Waals surface area contributed by atoms with Gasteiger partial charge in [-0.05, 0) is 38.5 Å². The van der Waals surface area contributed by atoms with Crippen LogP contribution in [0.4, 0.5) is 0 Å². The van der Waals surface area contributed by atoms with E-state index in [1.54, 1.807) is 34.4 Å². The van der Waals surface area contributed by atoms with Gasteiger partial charge >= 0.3 is 0 Å². The zero-order valence-electron chi connectivity index (χ0n) is 14.8. The van der Waals surface area contributed by atoms with Gasteiger partial charge in [-0.15, -0.1) is 21.5 Å². The van der Waals surface area contributed by atoms with E-state index in [0.29, 0.717) is 11.2 Å². The quantitative estimate of drug-likeness (QED) is 0.434. The second-order valence-electron chi connectivity index (χ2n) is 6.34. The number of hydrogen-bond acceptors (Lipinski definition) is 7. The number of thiazole rings is 1. The number of thiophene rings is 1. The summed E-state index contributed by atoms with van der Waals surface area (Å²) in [6, 6.07) is 8.19. The Morgan fingerprint density at radius 1 is 1.19 bits per heavy atom. The average Bonchev–Trinajstić information content (AvgIpc) is 3.28. The van der Waals surface area contributed by atoms with Crippen LogP contribution < -0.4 is 5.56 Å². The second kappa shape index (κ2) is 6.15. The molecule has 5 aromatic rings. The lowest BCUT2D eigenvalue weighted by molar-refractivity contribution is 0.894. The highest BCUT2D eigenvalue weighted by molar-refractivity contribution is 7.99. The number of nitrogens with zero attached hydrogens (tertiary/aromatic N) is 4. The summed E-state index contributed by atoms with van der Waals surface area (Å²) in [6.45, 7) is 6.02. The van der Waals surface area contributed by atoms with Gasteiger partial charge in [0.15, 0.2) is 5.16 Å². The molecule has 0 aliphatic rings. The van der Waals surface area contributed by atoms with Crippen LogP contribution in [-0.4, -0.2) is 24.6 Å². The normalized spacial score (nSPS) is 13.1. The highest BCUT2D eigenvalue weighted by Crippen LogP contribution is 2.36. The molecule has 0 saturated carbocycles. The van der Waals surface area contributed by atoms with Crippen molar-refractivity contribution in [2.75, 3.05) is 0 Å². The number of fused-ring (bicyclic) bond motifs is 4. The predicted molar refractivity (Wildman–Crippen MR) is 112 cm³/mol. The molecule has 4 aromatic heterocycles. The molecule has 136 valence electrons. The summed E-state index contributed by atoms with van der Waals surface area (Å²) in [7, 11) is 0. The van der Waals surface area contributed by atoms with Crippen molar-refractivity contribution in [3.8, 4) is 0 Å². The van der Waals surface area contributed by atoms with E-state index in [9.17, 15) is 4.79 Å². The number of rotatable bonds is 3. The predicted octanol–water partition coefficient (Wildman–Crippen LogP) is 4.71. The number of aromatic nitrogens is 5. The summed E-state index contributed by atoms with van der Waals surface area (Å²) < 4.78 is 3.24. The Bertz CT molecular complexity index is 1380. The molecule has 1 atom stereocenters. The Balaban J connectivity index is 1.57. The molecule has 0 saturated heterocycles. The van der Waals surface area contributed by atoms with Crippen LogP contribution in [0.2, 0.25) is 0 Å². The summed E-state index contributed by atoms with van der Waals surface area (Å²) >= 11 is 4.73. The summed E-state index contributed by atoms with van der Waals surface area (Å²) in [5.74, 6) is 0.662. The van der Waals surface area contributed by atoms with Gasteiger partial charge in [-0.2, -0.15) is 0 Å². The molecular weight excluding hydrogens is 398 g/mol. The van der Waals surface area contributed by atoms with Gasteiger partial charge < -0.3 is 4.98 Å². The highest BCUT2D eigenvalue weighted by atomic mass is 32.2. The van der Waals surface area contributed by atoms with Crippen molar-refractivity contribution in [3.05, 3.63) is 50.9 Å². The monoisotopic (exact) mass is 413 g/mol. The molecule has 0 aliphatic heterocycles. The van der Waals surface area contributed by atoms with E-state index in [4.69, 9.17) is 4.98 Å². The standard InChI is InChI=1S/C18H15N5OS3/c1-8-9(2)25-16-13(8)15(24)19-14(20-16)10(3)26-17-21-22-18-23(17)11-6-4-5-7-12(11)27-18/h4-7,10H,1-3H3,(H,19,20,24). The third kappa shape index (κ3) is 2.60. The molecule has 1 unspecified atom stereocenters. The van der Waals surface area contributed by atoms with Crippen molar-refractivity contribution < 1.29 is 0 Å². The van der Waals surface area contributed by atoms with Gasteiger partial charge in [-0.3, -0.25) is 9.20 Å². The lowest BCUT2D eigenvalue weighted by Gasteiger charge is -2.09. The topological polar surface area (TPSA) is 75.9 Å². The summed E-state index contributed by atoms with van der Waals surface area (Å²) in [4.78, 5) is 23.0. The van der Waals surface area contributed by atoms with Gasteiger partial charge in [0.1, 0.15) is 10.7 Å². The molecule has 0 spiro atoms. The van der Waals surface area contributed by atoms with E-state index in [-0.39, 0.29) is 10.8 Å². The molecule has 0 bridgehead atoms. The number of H-pyrrole nitrogens is 1. The number of aromatic amines is 1. The van der Waals surface area contributed by atoms with Crippen LogP contribution in [0.25, 0.3) is 25.4 Å². The van der Waals surface area contributed by atoms with Crippen LogP contribution in [-0.2, 0) is 0 Å². The maximum atomic E-state index is 12.6. The van der Waals surface area contributed by atoms with Crippen LogP contribution in [0.5, 0.6) is 0 Å². The van der Waals surface area contributed by atoms with Crippen LogP contribution in [0.15, 0.2) is 34.2 Å². The Hall–Kier alpha value is -2.23. The van der Waals surface area contributed by atoms with Crippen molar-refractivity contribution in [3.63, 3.8) is 0 Å². The van der Waals surface area contributed by atoms with Gasteiger partial charge in [-0.1, -0.05) is 35.2 Å². The van der Waals surface area contributed by atoms with Crippen LogP contribution >= 0.6 is 34.4 Å². The molecular formula is C18H15N5OS3. The van der Waals surface area contributed by atoms with Crippen molar-refractivity contribution >= 4 is 59.8 Å². The number of aryl methyl sites for hydroxylation is 2. The van der Waals surface area contributed by atoms with Gasteiger partial charge in [-0.25, -0.2) is 4.98 Å². The Morgan fingerprint density at radius 3 is 2.85 bits per heavy atom. The molecule has 1 aromatic carbocycles. The van der Waals surface area contributed by atoms with Gasteiger partial charge in [0.25, 0.3) is 5.56 Å². The fraction of sp³-hybridized carbons (Fsp3) is 0.222. The number of para-hydroxylation sites is 1. The van der Waals surface area contributed by atoms with Crippen molar-refractivity contribution in [1.82, 2.24) is 24.6 Å². The summed E-state index contributed by atoms with van der Waals surface area (Å²) in [5, 5.41) is 10.1. The average molecular weight is 414 g/mol. The molecule has 9 heteroatoms. The molecule has 27 heavy (non-hydrogen) atoms. The maximum Gasteiger partial charge on any atom is 0.259 e. The van der Waals surface area contributed by atoms with E-state index < -0.39 is 0 Å². The van der Waals surface area contributed by atoms with Crippen molar-refractivity contribution in [2.45, 2.75) is 31.2 Å². The largest absolute Gasteiger partial charge is 0.309 e. The minimum absolute atomic E-state index is 0.0594. The number of hydrogen-bond donors (Lipinski definition) is 1. The van der Waals surface area contributed by atoms with Crippen LogP contribution in [0.3, 0.4) is 0 Å². The minimum Gasteiger partial charge on any atom is -0.309 e. The first-order valence-corrected chi connectivity index (χ1v) is 10.9. The molecule has 0 aliphatic carbocycles. The van der Waals surface area contributed by atoms with Crippen LogP contribution in [0.1, 0.15) is 28.4 Å². The lowest BCUT2D eigenvalue weighted by atomic mass is 10.2. The fourth-order valence-electron chi connectivity index (χ4n) is 3.11. The van der Waals surface area contributed by atoms with Gasteiger partial charge in [0.2, 0.25) is 4.96 Å². The zero-order chi connectivity index (χ0) is 18.7. The Labute approximate surface area is 166 Å². The molecule has 6 nitrogen and oxygen atoms in total. The molecule has 4 heterocycles. The van der Waals surface area contributed by atoms with Crippen molar-refractivity contribution in [2.24, 2.45) is 0 Å². The summed E-state index contributed by atoms with van der Waals surface area (Å²) in [5.41, 5.74) is 2.04. The van der Waals surface area contributed by atoms with E-state index in [2.05, 4.69) is 31.7 Å². The van der Waals surface area contributed by atoms with Gasteiger partial charge in [0.05, 0.1) is 20.9 Å². The second-order valence-corrected chi connectivity index (χ2v) is 9.87. The number of benzene rings is 1. The third-order valence-corrected chi connectivity index (χ3v) is 7.80. The molecule has 0 fully saturated rings. The highest BCUT2D eigenvalue weighted by Gasteiger charge is 2.20. The van der Waals surface area contributed by atoms with Crippen LogP contribution in [0, 0.1) is 13.8 Å². The number of thioether (sulfide) groups is 1. The smallest absolute Gasteiger partial charge is 0.259 e. The van der Waals surface area contributed by atoms with E-state index in [1.807, 2.05) is 32.9 Å². The molecule has 5 rings (SSSR count). The van der Waals surface area contributed by atoms with E-state index in [0.717, 1.165) is 30.9 Å². The fourth-order valence-corrected chi connectivity index (χ4v) is 6.09. The Kier molecular flexibility index (Phi) is 3.85. The van der Waals surface area contributed by atoms with Gasteiger partial charge in [0, 0.05) is 4.88 Å². The third-order valence-electron chi connectivity index (χ3n) is 4.64. The molecule has 1 N–H and O–H groups in total. The minimum atomic E-state index is -0.0725. The van der Waals surface area contributed by atoms with Crippen molar-refractivity contribution in [1.29, 1.82) is 0 Å². The number of nitrogens with one attached hydrogen (secondary N) is 1. The first-order chi connectivity index (χ1) is 13.0.